The van der Waals surface area contributed by atoms with Crippen LogP contribution in [0.5, 0.6) is 0 Å². The second-order valence-electron chi connectivity index (χ2n) is 4.93. The summed E-state index contributed by atoms with van der Waals surface area (Å²) in [5.41, 5.74) is 3.61. The molecular weight excluding hydrogens is 212 g/mol. The predicted molar refractivity (Wildman–Crippen MR) is 56.7 cm³/mol. The summed E-state index contributed by atoms with van der Waals surface area (Å²) in [6.45, 7) is 5.52. The minimum Gasteiger partial charge on any atom is -0.444 e. The molecule has 1 aliphatic rings. The number of carbonyl (C=O) groups is 2. The first-order valence-corrected chi connectivity index (χ1v) is 5.03. The number of amides is 2. The van der Waals surface area contributed by atoms with Crippen molar-refractivity contribution in [2.75, 3.05) is 20.3 Å². The van der Waals surface area contributed by atoms with Crippen LogP contribution in [0.15, 0.2) is 0 Å². The Balaban J connectivity index is 2.73. The van der Waals surface area contributed by atoms with Crippen LogP contribution in [0.4, 0.5) is 4.79 Å². The van der Waals surface area contributed by atoms with Crippen LogP contribution in [0.2, 0.25) is 0 Å². The Morgan fingerprint density at radius 2 is 1.88 bits per heavy atom. The van der Waals surface area contributed by atoms with Gasteiger partial charge in [-0.2, -0.15) is 0 Å². The van der Waals surface area contributed by atoms with Crippen molar-refractivity contribution in [1.82, 2.24) is 4.90 Å². The predicted octanol–water partition coefficient (Wildman–Crippen LogP) is 0.108. The Hall–Kier alpha value is -1.30. The summed E-state index contributed by atoms with van der Waals surface area (Å²) in [5, 5.41) is 0. The van der Waals surface area contributed by atoms with Crippen molar-refractivity contribution in [2.24, 2.45) is 5.73 Å². The molecule has 0 aromatic rings. The van der Waals surface area contributed by atoms with E-state index in [1.54, 1.807) is 20.8 Å². The van der Waals surface area contributed by atoms with E-state index in [2.05, 4.69) is 0 Å². The molecule has 2 N–H and O–H groups in total. The molecule has 0 aliphatic carbocycles. The van der Waals surface area contributed by atoms with Crippen LogP contribution in [0.3, 0.4) is 0 Å². The molecule has 2 amide bonds. The first-order chi connectivity index (χ1) is 7.19. The smallest absolute Gasteiger partial charge is 0.411 e. The Kier molecular flexibility index (Phi) is 3.14. The Morgan fingerprint density at radius 1 is 1.38 bits per heavy atom. The highest BCUT2D eigenvalue weighted by atomic mass is 16.6. The molecule has 0 aromatic heterocycles. The molecule has 1 heterocycles. The largest absolute Gasteiger partial charge is 0.444 e. The summed E-state index contributed by atoms with van der Waals surface area (Å²) in [6.07, 6.45) is -0.574. The van der Waals surface area contributed by atoms with Crippen LogP contribution >= 0.6 is 0 Å². The van der Waals surface area contributed by atoms with Crippen molar-refractivity contribution >= 4 is 12.0 Å². The Labute approximate surface area is 94.7 Å². The summed E-state index contributed by atoms with van der Waals surface area (Å²) in [4.78, 5) is 24.3. The Bertz CT molecular complexity index is 304. The molecule has 0 bridgehead atoms. The molecule has 92 valence electrons. The number of carbonyl (C=O) groups excluding carboxylic acids is 2. The van der Waals surface area contributed by atoms with Gasteiger partial charge in [-0.25, -0.2) is 4.79 Å². The highest BCUT2D eigenvalue weighted by Crippen LogP contribution is 2.25. The van der Waals surface area contributed by atoms with Crippen molar-refractivity contribution in [3.63, 3.8) is 0 Å². The van der Waals surface area contributed by atoms with Crippen molar-refractivity contribution < 1.29 is 19.1 Å². The second-order valence-corrected chi connectivity index (χ2v) is 4.93. The molecule has 0 aromatic carbocycles. The third-order valence-electron chi connectivity index (χ3n) is 2.45. The SMILES string of the molecule is CN(C(=O)OC(C)(C)C)C1(C(N)=O)COC1. The van der Waals surface area contributed by atoms with Crippen LogP contribution in [0, 0.1) is 0 Å². The monoisotopic (exact) mass is 230 g/mol. The minimum absolute atomic E-state index is 0.123. The molecule has 0 atom stereocenters. The van der Waals surface area contributed by atoms with Crippen LogP contribution in [0.1, 0.15) is 20.8 Å². The van der Waals surface area contributed by atoms with E-state index in [9.17, 15) is 9.59 Å². The lowest BCUT2D eigenvalue weighted by molar-refractivity contribution is -0.162. The summed E-state index contributed by atoms with van der Waals surface area (Å²) in [7, 11) is 1.49. The average Bonchev–Trinajstić information content (AvgIpc) is 1.97. The highest BCUT2D eigenvalue weighted by molar-refractivity contribution is 5.89. The third-order valence-corrected chi connectivity index (χ3v) is 2.45. The zero-order valence-corrected chi connectivity index (χ0v) is 10.1. The molecule has 1 saturated heterocycles. The summed E-state index contributed by atoms with van der Waals surface area (Å²) < 4.78 is 10.1. The lowest BCUT2D eigenvalue weighted by Crippen LogP contribution is -2.69. The number of primary amides is 1. The molecule has 0 radical (unpaired) electrons. The third kappa shape index (κ3) is 2.27. The van der Waals surface area contributed by atoms with E-state index in [0.717, 1.165) is 0 Å². The van der Waals surface area contributed by atoms with Crippen molar-refractivity contribution in [3.8, 4) is 0 Å². The highest BCUT2D eigenvalue weighted by Gasteiger charge is 2.51. The number of ether oxygens (including phenoxy) is 2. The van der Waals surface area contributed by atoms with Crippen molar-refractivity contribution in [1.29, 1.82) is 0 Å². The second kappa shape index (κ2) is 3.93. The molecule has 1 fully saturated rings. The van der Waals surface area contributed by atoms with Gasteiger partial charge in [-0.3, -0.25) is 9.69 Å². The number of rotatable bonds is 2. The van der Waals surface area contributed by atoms with E-state index in [1.807, 2.05) is 0 Å². The van der Waals surface area contributed by atoms with Crippen LogP contribution < -0.4 is 5.73 Å². The number of hydrogen-bond acceptors (Lipinski definition) is 4. The van der Waals surface area contributed by atoms with E-state index in [1.165, 1.54) is 11.9 Å². The van der Waals surface area contributed by atoms with E-state index in [0.29, 0.717) is 0 Å². The van der Waals surface area contributed by atoms with Gasteiger partial charge in [0.2, 0.25) is 5.91 Å². The summed E-state index contributed by atoms with van der Waals surface area (Å²) in [6, 6.07) is 0. The van der Waals surface area contributed by atoms with Gasteiger partial charge < -0.3 is 15.2 Å². The first kappa shape index (κ1) is 12.8. The quantitative estimate of drug-likeness (QED) is 0.729. The number of hydrogen-bond donors (Lipinski definition) is 1. The van der Waals surface area contributed by atoms with Gasteiger partial charge >= 0.3 is 6.09 Å². The molecule has 6 nitrogen and oxygen atoms in total. The molecule has 0 spiro atoms. The molecule has 0 unspecified atom stereocenters. The number of nitrogens with zero attached hydrogens (tertiary/aromatic N) is 1. The van der Waals surface area contributed by atoms with E-state index >= 15 is 0 Å². The fourth-order valence-corrected chi connectivity index (χ4v) is 1.30. The number of likely N-dealkylation sites (N-methyl/N-ethyl adjacent to an activating group) is 1. The standard InChI is InChI=1S/C10H18N2O4/c1-9(2,3)16-8(14)12(4)10(7(11)13)5-15-6-10/h5-6H2,1-4H3,(H2,11,13). The fourth-order valence-electron chi connectivity index (χ4n) is 1.30. The van der Waals surface area contributed by atoms with E-state index < -0.39 is 23.1 Å². The maximum atomic E-state index is 11.7. The maximum Gasteiger partial charge on any atom is 0.411 e. The molecule has 6 heteroatoms. The van der Waals surface area contributed by atoms with Gasteiger partial charge in [-0.15, -0.1) is 0 Å². The molecule has 1 aliphatic heterocycles. The maximum absolute atomic E-state index is 11.7. The molecular formula is C10H18N2O4. The number of nitrogens with two attached hydrogens (primary N) is 1. The summed E-state index contributed by atoms with van der Waals surface area (Å²) in [5.74, 6) is -0.577. The lowest BCUT2D eigenvalue weighted by atomic mass is 9.95. The van der Waals surface area contributed by atoms with E-state index in [4.69, 9.17) is 15.2 Å². The molecule has 16 heavy (non-hydrogen) atoms. The van der Waals surface area contributed by atoms with Gasteiger partial charge in [-0.05, 0) is 20.8 Å². The van der Waals surface area contributed by atoms with Gasteiger partial charge in [-0.1, -0.05) is 0 Å². The van der Waals surface area contributed by atoms with Crippen LogP contribution in [0.25, 0.3) is 0 Å². The van der Waals surface area contributed by atoms with Gasteiger partial charge in [0.1, 0.15) is 5.60 Å². The minimum atomic E-state index is -1.05. The van der Waals surface area contributed by atoms with Crippen LogP contribution in [-0.4, -0.2) is 48.3 Å². The first-order valence-electron chi connectivity index (χ1n) is 5.03. The fraction of sp³-hybridized carbons (Fsp3) is 0.800. The molecule has 0 saturated carbocycles. The lowest BCUT2D eigenvalue weighted by Gasteiger charge is -2.45. The molecule has 1 rings (SSSR count). The average molecular weight is 230 g/mol. The zero-order valence-electron chi connectivity index (χ0n) is 10.1. The topological polar surface area (TPSA) is 81.9 Å². The Morgan fingerprint density at radius 3 is 2.12 bits per heavy atom. The van der Waals surface area contributed by atoms with Crippen molar-refractivity contribution in [2.45, 2.75) is 31.9 Å². The van der Waals surface area contributed by atoms with Gasteiger partial charge in [0.15, 0.2) is 5.54 Å². The van der Waals surface area contributed by atoms with Crippen LogP contribution in [-0.2, 0) is 14.3 Å². The van der Waals surface area contributed by atoms with E-state index in [-0.39, 0.29) is 13.2 Å². The zero-order chi connectivity index (χ0) is 12.6. The van der Waals surface area contributed by atoms with Gasteiger partial charge in [0.05, 0.1) is 13.2 Å². The van der Waals surface area contributed by atoms with Gasteiger partial charge in [0.25, 0.3) is 0 Å². The van der Waals surface area contributed by atoms with Gasteiger partial charge in [0, 0.05) is 7.05 Å². The van der Waals surface area contributed by atoms with Crippen molar-refractivity contribution in [3.05, 3.63) is 0 Å². The summed E-state index contributed by atoms with van der Waals surface area (Å²) >= 11 is 0. The normalized spacial score (nSPS) is 18.5.